The maximum Gasteiger partial charge on any atom is 0.322 e. The van der Waals surface area contributed by atoms with E-state index in [9.17, 15) is 13.6 Å². The number of hydrogen-bond acceptors (Lipinski definition) is 6. The third-order valence-corrected chi connectivity index (χ3v) is 5.72. The number of benzene rings is 2. The van der Waals surface area contributed by atoms with E-state index in [1.54, 1.807) is 17.0 Å². The molecule has 1 fully saturated rings. The summed E-state index contributed by atoms with van der Waals surface area (Å²) in [5.74, 6) is -1.08. The Hall–Kier alpha value is -3.79. The van der Waals surface area contributed by atoms with Crippen LogP contribution in [0, 0.1) is 11.6 Å². The molecule has 3 heterocycles. The number of halogens is 2. The third kappa shape index (κ3) is 4.76. The van der Waals surface area contributed by atoms with E-state index in [1.807, 2.05) is 23.1 Å². The quantitative estimate of drug-likeness (QED) is 0.626. The zero-order valence-electron chi connectivity index (χ0n) is 18.3. The lowest BCUT2D eigenvalue weighted by atomic mass is 10.1. The zero-order valence-corrected chi connectivity index (χ0v) is 18.3. The van der Waals surface area contributed by atoms with Crippen LogP contribution in [0.3, 0.4) is 0 Å². The molecule has 3 aromatic rings. The van der Waals surface area contributed by atoms with Crippen LogP contribution in [0.2, 0.25) is 0 Å². The molecular weight excluding hydrogens is 444 g/mol. The Morgan fingerprint density at radius 1 is 1.03 bits per heavy atom. The molecule has 1 aromatic heterocycles. The van der Waals surface area contributed by atoms with Crippen LogP contribution >= 0.6 is 0 Å². The Kier molecular flexibility index (Phi) is 6.22. The minimum atomic E-state index is -0.838. The van der Waals surface area contributed by atoms with Crippen LogP contribution in [0.4, 0.5) is 25.2 Å². The van der Waals surface area contributed by atoms with Crippen LogP contribution in [0.15, 0.2) is 48.5 Å². The predicted octanol–water partition coefficient (Wildman–Crippen LogP) is 3.97. The number of aromatic nitrogens is 2. The van der Waals surface area contributed by atoms with Gasteiger partial charge in [0.15, 0.2) is 11.6 Å². The fourth-order valence-electron chi connectivity index (χ4n) is 3.92. The molecule has 5 rings (SSSR count). The van der Waals surface area contributed by atoms with Gasteiger partial charge in [-0.3, -0.25) is 0 Å². The molecule has 176 valence electrons. The molecule has 8 nitrogen and oxygen atoms in total. The topological polar surface area (TPSA) is 79.8 Å². The highest BCUT2D eigenvalue weighted by Gasteiger charge is 2.28. The van der Waals surface area contributed by atoms with Crippen molar-refractivity contribution in [1.29, 1.82) is 0 Å². The van der Waals surface area contributed by atoms with Gasteiger partial charge in [0.05, 0.1) is 31.0 Å². The second kappa shape index (κ2) is 9.60. The standard InChI is InChI=1S/C24H23F2N5O3/c25-16-6-7-21(19(26)14-16)34-22-18-15-31(24(32)27-17-4-2-1-3-5-17)9-8-20(18)28-23(29-22)30-10-12-33-13-11-30/h1-7,14H,8-13,15H2,(H,27,32). The van der Waals surface area contributed by atoms with Crippen molar-refractivity contribution in [2.75, 3.05) is 43.1 Å². The van der Waals surface area contributed by atoms with Gasteiger partial charge in [-0.1, -0.05) is 18.2 Å². The van der Waals surface area contributed by atoms with Gasteiger partial charge in [-0.05, 0) is 24.3 Å². The van der Waals surface area contributed by atoms with E-state index in [0.717, 1.165) is 17.8 Å². The Morgan fingerprint density at radius 2 is 1.82 bits per heavy atom. The lowest BCUT2D eigenvalue weighted by molar-refractivity contribution is 0.122. The first-order chi connectivity index (χ1) is 16.6. The van der Waals surface area contributed by atoms with Gasteiger partial charge in [0.2, 0.25) is 11.8 Å². The predicted molar refractivity (Wildman–Crippen MR) is 121 cm³/mol. The van der Waals surface area contributed by atoms with Crippen LogP contribution < -0.4 is 15.0 Å². The molecule has 0 saturated carbocycles. The molecule has 2 amide bonds. The number of rotatable bonds is 4. The van der Waals surface area contributed by atoms with Crippen molar-refractivity contribution in [3.05, 3.63) is 71.4 Å². The maximum absolute atomic E-state index is 14.4. The fraction of sp³-hybridized carbons (Fsp3) is 0.292. The van der Waals surface area contributed by atoms with Crippen molar-refractivity contribution in [2.45, 2.75) is 13.0 Å². The van der Waals surface area contributed by atoms with Crippen LogP contribution in [0.25, 0.3) is 0 Å². The van der Waals surface area contributed by atoms with Gasteiger partial charge in [-0.15, -0.1) is 0 Å². The van der Waals surface area contributed by atoms with Crippen LogP contribution in [-0.2, 0) is 17.7 Å². The van der Waals surface area contributed by atoms with E-state index >= 15 is 0 Å². The highest BCUT2D eigenvalue weighted by atomic mass is 19.1. The molecule has 1 N–H and O–H groups in total. The summed E-state index contributed by atoms with van der Waals surface area (Å²) in [7, 11) is 0. The lowest BCUT2D eigenvalue weighted by Gasteiger charge is -2.32. The first-order valence-electron chi connectivity index (χ1n) is 11.0. The van der Waals surface area contributed by atoms with Gasteiger partial charge in [-0.2, -0.15) is 4.98 Å². The number of ether oxygens (including phenoxy) is 2. The maximum atomic E-state index is 14.4. The Labute approximate surface area is 195 Å². The van der Waals surface area contributed by atoms with Crippen LogP contribution in [-0.4, -0.2) is 53.7 Å². The molecule has 10 heteroatoms. The zero-order chi connectivity index (χ0) is 23.5. The summed E-state index contributed by atoms with van der Waals surface area (Å²) < 4.78 is 39.0. The number of para-hydroxylation sites is 1. The van der Waals surface area contributed by atoms with E-state index in [0.29, 0.717) is 56.5 Å². The number of morpholine rings is 1. The summed E-state index contributed by atoms with van der Waals surface area (Å²) in [6.45, 7) is 2.99. The van der Waals surface area contributed by atoms with E-state index in [-0.39, 0.29) is 24.2 Å². The summed E-state index contributed by atoms with van der Waals surface area (Å²) in [5.41, 5.74) is 2.01. The molecule has 0 spiro atoms. The molecule has 2 aromatic carbocycles. The van der Waals surface area contributed by atoms with Crippen molar-refractivity contribution in [3.63, 3.8) is 0 Å². The highest BCUT2D eigenvalue weighted by Crippen LogP contribution is 2.33. The SMILES string of the molecule is O=C(Nc1ccccc1)N1CCc2nc(N3CCOCC3)nc(Oc3ccc(F)cc3F)c2C1. The Bertz CT molecular complexity index is 1190. The molecule has 0 bridgehead atoms. The van der Waals surface area contributed by atoms with E-state index in [1.165, 1.54) is 6.07 Å². The number of anilines is 2. The number of urea groups is 1. The monoisotopic (exact) mass is 467 g/mol. The number of nitrogens with one attached hydrogen (secondary N) is 1. The minimum Gasteiger partial charge on any atom is -0.435 e. The third-order valence-electron chi connectivity index (χ3n) is 5.72. The first kappa shape index (κ1) is 22.0. The van der Waals surface area contributed by atoms with E-state index in [4.69, 9.17) is 14.5 Å². The Morgan fingerprint density at radius 3 is 2.59 bits per heavy atom. The number of carbonyl (C=O) groups is 1. The van der Waals surface area contributed by atoms with Gasteiger partial charge < -0.3 is 24.6 Å². The molecule has 0 unspecified atom stereocenters. The molecule has 0 aliphatic carbocycles. The highest BCUT2D eigenvalue weighted by molar-refractivity contribution is 5.89. The van der Waals surface area contributed by atoms with Crippen molar-refractivity contribution in [1.82, 2.24) is 14.9 Å². The summed E-state index contributed by atoms with van der Waals surface area (Å²) >= 11 is 0. The van der Waals surface area contributed by atoms with Crippen molar-refractivity contribution in [2.24, 2.45) is 0 Å². The fourth-order valence-corrected chi connectivity index (χ4v) is 3.92. The number of fused-ring (bicyclic) bond motifs is 1. The van der Waals surface area contributed by atoms with Crippen molar-refractivity contribution < 1.29 is 23.0 Å². The lowest BCUT2D eigenvalue weighted by Crippen LogP contribution is -2.41. The second-order valence-electron chi connectivity index (χ2n) is 8.00. The van der Waals surface area contributed by atoms with Crippen molar-refractivity contribution in [3.8, 4) is 11.6 Å². The normalized spacial score (nSPS) is 15.6. The number of hydrogen-bond donors (Lipinski definition) is 1. The average Bonchev–Trinajstić information content (AvgIpc) is 2.86. The number of amides is 2. The van der Waals surface area contributed by atoms with Gasteiger partial charge in [0, 0.05) is 37.8 Å². The molecular formula is C24H23F2N5O3. The van der Waals surface area contributed by atoms with E-state index in [2.05, 4.69) is 10.3 Å². The summed E-state index contributed by atoms with van der Waals surface area (Å²) in [6.07, 6.45) is 0.486. The van der Waals surface area contributed by atoms with Gasteiger partial charge >= 0.3 is 6.03 Å². The molecule has 0 radical (unpaired) electrons. The first-order valence-corrected chi connectivity index (χ1v) is 11.0. The minimum absolute atomic E-state index is 0.147. The molecule has 2 aliphatic rings. The van der Waals surface area contributed by atoms with Crippen molar-refractivity contribution >= 4 is 17.7 Å². The second-order valence-corrected chi connectivity index (χ2v) is 8.00. The summed E-state index contributed by atoms with van der Waals surface area (Å²) in [5, 5.41) is 2.87. The summed E-state index contributed by atoms with van der Waals surface area (Å²) in [6, 6.07) is 12.0. The van der Waals surface area contributed by atoms with Gasteiger partial charge in [-0.25, -0.2) is 18.6 Å². The number of nitrogens with zero attached hydrogens (tertiary/aromatic N) is 4. The molecule has 0 atom stereocenters. The van der Waals surface area contributed by atoms with Gasteiger partial charge in [0.1, 0.15) is 5.82 Å². The average molecular weight is 467 g/mol. The molecule has 34 heavy (non-hydrogen) atoms. The van der Waals surface area contributed by atoms with Crippen LogP contribution in [0.1, 0.15) is 11.3 Å². The molecule has 2 aliphatic heterocycles. The Balaban J connectivity index is 1.45. The van der Waals surface area contributed by atoms with Gasteiger partial charge in [0.25, 0.3) is 0 Å². The van der Waals surface area contributed by atoms with E-state index < -0.39 is 11.6 Å². The largest absolute Gasteiger partial charge is 0.435 e. The van der Waals surface area contributed by atoms with Crippen LogP contribution in [0.5, 0.6) is 11.6 Å². The molecule has 1 saturated heterocycles. The summed E-state index contributed by atoms with van der Waals surface area (Å²) in [4.78, 5) is 25.8. The smallest absolute Gasteiger partial charge is 0.322 e. The number of carbonyl (C=O) groups excluding carboxylic acids is 1.